The summed E-state index contributed by atoms with van der Waals surface area (Å²) in [7, 11) is 0. The van der Waals surface area contributed by atoms with E-state index in [0.29, 0.717) is 37.0 Å². The zero-order valence-electron chi connectivity index (χ0n) is 25.1. The van der Waals surface area contributed by atoms with Crippen molar-refractivity contribution >= 4 is 22.8 Å². The summed E-state index contributed by atoms with van der Waals surface area (Å²) in [6, 6.07) is 9.06. The van der Waals surface area contributed by atoms with Crippen molar-refractivity contribution in [2.75, 3.05) is 25.0 Å². The van der Waals surface area contributed by atoms with E-state index < -0.39 is 17.6 Å². The molecule has 2 aromatic rings. The summed E-state index contributed by atoms with van der Waals surface area (Å²) in [6.45, 7) is 5.77. The van der Waals surface area contributed by atoms with Crippen LogP contribution >= 0.6 is 0 Å². The van der Waals surface area contributed by atoms with Gasteiger partial charge in [-0.2, -0.15) is 0 Å². The Morgan fingerprint density at radius 3 is 2.29 bits per heavy atom. The van der Waals surface area contributed by atoms with Gasteiger partial charge in [0.15, 0.2) is 5.82 Å². The molecule has 2 bridgehead atoms. The number of nitrogens with zero attached hydrogens (tertiary/aromatic N) is 3. The smallest absolute Gasteiger partial charge is 0.326 e. The van der Waals surface area contributed by atoms with Crippen molar-refractivity contribution in [2.24, 2.45) is 0 Å². The zero-order chi connectivity index (χ0) is 29.0. The minimum absolute atomic E-state index is 0.0849. The third-order valence-corrected chi connectivity index (χ3v) is 9.10. The second kappa shape index (κ2) is 13.2. The molecule has 0 amide bonds. The van der Waals surface area contributed by atoms with Crippen LogP contribution in [-0.2, 0) is 9.53 Å². The van der Waals surface area contributed by atoms with Gasteiger partial charge in [-0.25, -0.2) is 4.98 Å². The fourth-order valence-electron chi connectivity index (χ4n) is 7.38. The molecule has 1 aliphatic carbocycles. The first-order chi connectivity index (χ1) is 19.7. The molecule has 41 heavy (non-hydrogen) atoms. The second-order valence-electron chi connectivity index (χ2n) is 13.2. The quantitative estimate of drug-likeness (QED) is 0.303. The van der Waals surface area contributed by atoms with Crippen LogP contribution in [0.2, 0.25) is 0 Å². The average Bonchev–Trinajstić information content (AvgIpc) is 3.16. The SMILES string of the molecule is CC(C)(C)OC(=O)[C@H](CO)NCCNc1nc2ccccc2n([C@H]2C[C@H]3CC[C@@H](C2)N3C2CCCCCCC2)c1=O. The Labute approximate surface area is 244 Å². The van der Waals surface area contributed by atoms with Crippen LogP contribution < -0.4 is 16.2 Å². The summed E-state index contributed by atoms with van der Waals surface area (Å²) in [5.74, 6) is -0.162. The molecule has 5 rings (SSSR count). The number of piperidine rings is 1. The minimum atomic E-state index is -0.823. The molecule has 1 aromatic heterocycles. The van der Waals surface area contributed by atoms with Crippen LogP contribution in [0.5, 0.6) is 0 Å². The summed E-state index contributed by atoms with van der Waals surface area (Å²) >= 11 is 0. The Morgan fingerprint density at radius 1 is 0.976 bits per heavy atom. The van der Waals surface area contributed by atoms with Crippen molar-refractivity contribution in [2.45, 2.75) is 127 Å². The van der Waals surface area contributed by atoms with Crippen LogP contribution in [0.4, 0.5) is 5.82 Å². The van der Waals surface area contributed by atoms with Crippen molar-refractivity contribution in [3.8, 4) is 0 Å². The van der Waals surface area contributed by atoms with E-state index in [9.17, 15) is 14.7 Å². The Bertz CT molecular complexity index is 1220. The van der Waals surface area contributed by atoms with E-state index in [0.717, 1.165) is 23.9 Å². The molecular formula is C32H49N5O4. The highest BCUT2D eigenvalue weighted by molar-refractivity contribution is 5.77. The Morgan fingerprint density at radius 2 is 1.63 bits per heavy atom. The fourth-order valence-corrected chi connectivity index (χ4v) is 7.38. The van der Waals surface area contributed by atoms with E-state index in [1.165, 1.54) is 57.8 Å². The number of rotatable bonds is 9. The zero-order valence-corrected chi connectivity index (χ0v) is 25.1. The number of aliphatic hydroxyl groups excluding tert-OH is 1. The number of benzene rings is 1. The summed E-state index contributed by atoms with van der Waals surface area (Å²) in [5, 5.41) is 15.9. The van der Waals surface area contributed by atoms with Gasteiger partial charge >= 0.3 is 5.97 Å². The number of hydrogen-bond donors (Lipinski definition) is 3. The molecule has 0 radical (unpaired) electrons. The molecule has 3 fully saturated rings. The van der Waals surface area contributed by atoms with Gasteiger partial charge in [-0.1, -0.05) is 44.2 Å². The molecule has 2 aliphatic heterocycles. The van der Waals surface area contributed by atoms with Gasteiger partial charge in [0, 0.05) is 37.3 Å². The van der Waals surface area contributed by atoms with Crippen LogP contribution in [0.15, 0.2) is 29.1 Å². The topological polar surface area (TPSA) is 109 Å². The number of para-hydroxylation sites is 2. The van der Waals surface area contributed by atoms with Crippen LogP contribution in [0.25, 0.3) is 11.0 Å². The lowest BCUT2D eigenvalue weighted by molar-refractivity contribution is -0.158. The van der Waals surface area contributed by atoms with Crippen molar-refractivity contribution in [3.05, 3.63) is 34.6 Å². The van der Waals surface area contributed by atoms with Gasteiger partial charge in [0.2, 0.25) is 0 Å². The molecule has 0 unspecified atom stereocenters. The molecule has 2 saturated heterocycles. The number of carbonyl (C=O) groups is 1. The lowest BCUT2D eigenvalue weighted by atomic mass is 9.89. The van der Waals surface area contributed by atoms with E-state index in [-0.39, 0.29) is 18.2 Å². The van der Waals surface area contributed by atoms with Crippen LogP contribution in [0, 0.1) is 0 Å². The first-order valence-corrected chi connectivity index (χ1v) is 15.8. The number of hydrogen-bond acceptors (Lipinski definition) is 8. The maximum absolute atomic E-state index is 13.9. The van der Waals surface area contributed by atoms with Crippen molar-refractivity contribution in [3.63, 3.8) is 0 Å². The highest BCUT2D eigenvalue weighted by Gasteiger charge is 2.44. The maximum Gasteiger partial charge on any atom is 0.326 e. The fraction of sp³-hybridized carbons (Fsp3) is 0.719. The largest absolute Gasteiger partial charge is 0.459 e. The highest BCUT2D eigenvalue weighted by Crippen LogP contribution is 2.44. The number of esters is 1. The predicted molar refractivity (Wildman–Crippen MR) is 162 cm³/mol. The van der Waals surface area contributed by atoms with Crippen LogP contribution in [-0.4, -0.2) is 75.0 Å². The summed E-state index contributed by atoms with van der Waals surface area (Å²) in [5.41, 5.74) is 0.989. The van der Waals surface area contributed by atoms with Gasteiger partial charge < -0.3 is 25.0 Å². The van der Waals surface area contributed by atoms with E-state index in [1.54, 1.807) is 20.8 Å². The monoisotopic (exact) mass is 567 g/mol. The Hall–Kier alpha value is -2.49. The molecule has 4 atom stereocenters. The van der Waals surface area contributed by atoms with Crippen LogP contribution in [0.1, 0.15) is 97.4 Å². The summed E-state index contributed by atoms with van der Waals surface area (Å²) in [4.78, 5) is 33.8. The molecule has 0 spiro atoms. The Kier molecular flexibility index (Phi) is 9.66. The third kappa shape index (κ3) is 7.12. The molecule has 9 nitrogen and oxygen atoms in total. The maximum atomic E-state index is 13.9. The van der Waals surface area contributed by atoms with Gasteiger partial charge in [0.1, 0.15) is 11.6 Å². The van der Waals surface area contributed by atoms with Gasteiger partial charge in [-0.3, -0.25) is 14.5 Å². The lowest BCUT2D eigenvalue weighted by Gasteiger charge is -2.45. The number of carbonyl (C=O) groups excluding carboxylic acids is 1. The van der Waals surface area contributed by atoms with Gasteiger partial charge in [-0.05, 0) is 71.4 Å². The highest BCUT2D eigenvalue weighted by atomic mass is 16.6. The number of ether oxygens (including phenoxy) is 1. The first kappa shape index (κ1) is 30.0. The molecule has 1 aromatic carbocycles. The number of nitrogens with one attached hydrogen (secondary N) is 2. The van der Waals surface area contributed by atoms with Crippen molar-refractivity contribution in [1.82, 2.24) is 19.8 Å². The minimum Gasteiger partial charge on any atom is -0.459 e. The Balaban J connectivity index is 1.29. The van der Waals surface area contributed by atoms with E-state index in [2.05, 4.69) is 20.5 Å². The summed E-state index contributed by atoms with van der Waals surface area (Å²) in [6.07, 6.45) is 13.9. The molecule has 226 valence electrons. The van der Waals surface area contributed by atoms with Crippen molar-refractivity contribution in [1.29, 1.82) is 0 Å². The first-order valence-electron chi connectivity index (χ1n) is 15.8. The molecule has 1 saturated carbocycles. The lowest BCUT2D eigenvalue weighted by Crippen LogP contribution is -2.50. The second-order valence-corrected chi connectivity index (χ2v) is 13.2. The number of aliphatic hydroxyl groups is 1. The van der Waals surface area contributed by atoms with Crippen molar-refractivity contribution < 1.29 is 14.6 Å². The molecule has 3 heterocycles. The molecular weight excluding hydrogens is 518 g/mol. The van der Waals surface area contributed by atoms with Gasteiger partial charge in [0.05, 0.1) is 17.6 Å². The van der Waals surface area contributed by atoms with E-state index in [1.807, 2.05) is 28.8 Å². The molecule has 3 aliphatic rings. The number of fused-ring (bicyclic) bond motifs is 3. The number of aromatic nitrogens is 2. The third-order valence-electron chi connectivity index (χ3n) is 9.10. The molecule has 9 heteroatoms. The van der Waals surface area contributed by atoms with Gasteiger partial charge in [-0.15, -0.1) is 0 Å². The van der Waals surface area contributed by atoms with Gasteiger partial charge in [0.25, 0.3) is 5.56 Å². The predicted octanol–water partition coefficient (Wildman–Crippen LogP) is 4.38. The normalized spacial score (nSPS) is 25.0. The number of anilines is 1. The standard InChI is InChI=1S/C32H49N5O4/c1-32(2,3)41-31(40)27(21-38)33-17-18-34-29-30(39)37(28-14-10-9-13-26(28)35-29)25-19-23-15-16-24(20-25)36(23)22-11-7-5-4-6-8-12-22/h9-10,13-14,22-25,27,33,38H,4-8,11-12,15-21H2,1-3H3,(H,34,35)/t23-,24+,25+,27-/m0/s1. The average molecular weight is 568 g/mol. The van der Waals surface area contributed by atoms with E-state index >= 15 is 0 Å². The summed E-state index contributed by atoms with van der Waals surface area (Å²) < 4.78 is 7.40. The molecule has 3 N–H and O–H groups in total. The van der Waals surface area contributed by atoms with Crippen LogP contribution in [0.3, 0.4) is 0 Å². The van der Waals surface area contributed by atoms with E-state index in [4.69, 9.17) is 4.74 Å².